The van der Waals surface area contributed by atoms with E-state index >= 15 is 0 Å². The lowest BCUT2D eigenvalue weighted by Crippen LogP contribution is -2.21. The molecule has 1 aromatic rings. The molecule has 1 amide bonds. The van der Waals surface area contributed by atoms with E-state index in [0.29, 0.717) is 12.1 Å². The number of sulfone groups is 1. The Hall–Kier alpha value is -1.84. The van der Waals surface area contributed by atoms with E-state index in [4.69, 9.17) is 5.11 Å². The molecule has 2 N–H and O–H groups in total. The first kappa shape index (κ1) is 16.2. The first-order chi connectivity index (χ1) is 9.31. The standard InChI is InChI=1S/C14H17NO4S/c1-11-9-13(15-14(17)10-20(2,18)19)7-6-12(11)5-3-4-8-16/h6-7,9,16H,4,8,10H2,1-2H3,(H,15,17). The van der Waals surface area contributed by atoms with Crippen molar-refractivity contribution in [1.82, 2.24) is 0 Å². The largest absolute Gasteiger partial charge is 0.395 e. The summed E-state index contributed by atoms with van der Waals surface area (Å²) in [5.74, 6) is 4.63. The molecule has 1 aromatic carbocycles. The molecule has 0 spiro atoms. The van der Waals surface area contributed by atoms with E-state index in [1.54, 1.807) is 18.2 Å². The summed E-state index contributed by atoms with van der Waals surface area (Å²) in [7, 11) is -3.33. The van der Waals surface area contributed by atoms with E-state index in [9.17, 15) is 13.2 Å². The molecule has 0 radical (unpaired) electrons. The summed E-state index contributed by atoms with van der Waals surface area (Å²) in [5, 5.41) is 11.2. The van der Waals surface area contributed by atoms with Gasteiger partial charge in [-0.3, -0.25) is 4.79 Å². The van der Waals surface area contributed by atoms with Gasteiger partial charge in [-0.05, 0) is 30.7 Å². The lowest BCUT2D eigenvalue weighted by molar-refractivity contribution is -0.113. The maximum Gasteiger partial charge on any atom is 0.239 e. The predicted octanol–water partition coefficient (Wildman–Crippen LogP) is 0.712. The van der Waals surface area contributed by atoms with Crippen molar-refractivity contribution in [2.75, 3.05) is 23.9 Å². The molecule has 0 unspecified atom stereocenters. The van der Waals surface area contributed by atoms with Gasteiger partial charge in [0.25, 0.3) is 0 Å². The fraction of sp³-hybridized carbons (Fsp3) is 0.357. The van der Waals surface area contributed by atoms with Gasteiger partial charge in [-0.25, -0.2) is 8.42 Å². The zero-order valence-corrected chi connectivity index (χ0v) is 12.3. The Morgan fingerprint density at radius 2 is 2.10 bits per heavy atom. The minimum absolute atomic E-state index is 0.0195. The van der Waals surface area contributed by atoms with Gasteiger partial charge in [0.2, 0.25) is 5.91 Å². The van der Waals surface area contributed by atoms with Crippen molar-refractivity contribution >= 4 is 21.4 Å². The molecule has 0 saturated heterocycles. The summed E-state index contributed by atoms with van der Waals surface area (Å²) in [6.07, 6.45) is 1.42. The topological polar surface area (TPSA) is 83.5 Å². The number of aryl methyl sites for hydroxylation is 1. The number of carbonyl (C=O) groups is 1. The van der Waals surface area contributed by atoms with Crippen LogP contribution in [0.5, 0.6) is 0 Å². The average Bonchev–Trinajstić information content (AvgIpc) is 2.29. The summed E-state index contributed by atoms with van der Waals surface area (Å²) in [5.41, 5.74) is 2.20. The van der Waals surface area contributed by atoms with Gasteiger partial charge in [0.15, 0.2) is 9.84 Å². The predicted molar refractivity (Wildman–Crippen MR) is 78.1 cm³/mol. The molecule has 6 heteroatoms. The second kappa shape index (κ2) is 7.08. The van der Waals surface area contributed by atoms with Crippen LogP contribution in [-0.4, -0.2) is 38.0 Å². The van der Waals surface area contributed by atoms with E-state index < -0.39 is 21.5 Å². The van der Waals surface area contributed by atoms with Crippen molar-refractivity contribution in [3.63, 3.8) is 0 Å². The number of hydrogen-bond donors (Lipinski definition) is 2. The van der Waals surface area contributed by atoms with Gasteiger partial charge in [0.1, 0.15) is 5.75 Å². The molecule has 0 fully saturated rings. The molecule has 0 aromatic heterocycles. The van der Waals surface area contributed by atoms with Crippen molar-refractivity contribution in [3.8, 4) is 11.8 Å². The highest BCUT2D eigenvalue weighted by molar-refractivity contribution is 7.91. The van der Waals surface area contributed by atoms with Crippen molar-refractivity contribution in [2.24, 2.45) is 0 Å². The fourth-order valence-corrected chi connectivity index (χ4v) is 2.08. The highest BCUT2D eigenvalue weighted by Crippen LogP contribution is 2.14. The molecule has 0 atom stereocenters. The Bertz CT molecular complexity index is 653. The number of aliphatic hydroxyl groups excluding tert-OH is 1. The van der Waals surface area contributed by atoms with Crippen LogP contribution in [0.1, 0.15) is 17.5 Å². The van der Waals surface area contributed by atoms with Crippen LogP contribution >= 0.6 is 0 Å². The summed E-state index contributed by atoms with van der Waals surface area (Å²) < 4.78 is 22.0. The van der Waals surface area contributed by atoms with Crippen LogP contribution < -0.4 is 5.32 Å². The Labute approximate surface area is 118 Å². The van der Waals surface area contributed by atoms with E-state index in [1.165, 1.54) is 0 Å². The van der Waals surface area contributed by atoms with E-state index in [2.05, 4.69) is 17.2 Å². The minimum Gasteiger partial charge on any atom is -0.395 e. The van der Waals surface area contributed by atoms with Crippen LogP contribution in [0.15, 0.2) is 18.2 Å². The molecular weight excluding hydrogens is 278 g/mol. The number of nitrogens with one attached hydrogen (secondary N) is 1. The second-order valence-electron chi connectivity index (χ2n) is 4.42. The van der Waals surface area contributed by atoms with Crippen LogP contribution in [0.4, 0.5) is 5.69 Å². The zero-order valence-electron chi connectivity index (χ0n) is 11.4. The number of rotatable bonds is 4. The Morgan fingerprint density at radius 3 is 2.65 bits per heavy atom. The monoisotopic (exact) mass is 295 g/mol. The van der Waals surface area contributed by atoms with Gasteiger partial charge in [-0.1, -0.05) is 11.8 Å². The van der Waals surface area contributed by atoms with E-state index in [0.717, 1.165) is 17.4 Å². The molecule has 5 nitrogen and oxygen atoms in total. The number of hydrogen-bond acceptors (Lipinski definition) is 4. The van der Waals surface area contributed by atoms with Gasteiger partial charge in [-0.2, -0.15) is 0 Å². The molecule has 20 heavy (non-hydrogen) atoms. The first-order valence-corrected chi connectivity index (χ1v) is 8.06. The lowest BCUT2D eigenvalue weighted by Gasteiger charge is -2.06. The molecule has 0 aliphatic rings. The highest BCUT2D eigenvalue weighted by Gasteiger charge is 2.11. The van der Waals surface area contributed by atoms with Crippen LogP contribution in [0.2, 0.25) is 0 Å². The summed E-state index contributed by atoms with van der Waals surface area (Å²) in [6.45, 7) is 1.86. The third-order valence-electron chi connectivity index (χ3n) is 2.36. The van der Waals surface area contributed by atoms with Gasteiger partial charge in [0.05, 0.1) is 6.61 Å². The normalized spacial score (nSPS) is 10.6. The van der Waals surface area contributed by atoms with E-state index in [-0.39, 0.29) is 6.61 Å². The average molecular weight is 295 g/mol. The number of amides is 1. The van der Waals surface area contributed by atoms with Gasteiger partial charge in [0, 0.05) is 23.9 Å². The number of aliphatic hydroxyl groups is 1. The summed E-state index contributed by atoms with van der Waals surface area (Å²) in [6, 6.07) is 5.13. The van der Waals surface area contributed by atoms with Crippen LogP contribution in [-0.2, 0) is 14.6 Å². The molecule has 1 rings (SSSR count). The molecule has 0 aliphatic heterocycles. The van der Waals surface area contributed by atoms with Crippen molar-refractivity contribution in [3.05, 3.63) is 29.3 Å². The smallest absolute Gasteiger partial charge is 0.239 e. The highest BCUT2D eigenvalue weighted by atomic mass is 32.2. The number of benzene rings is 1. The molecular formula is C14H17NO4S. The molecule has 0 bridgehead atoms. The summed E-state index contributed by atoms with van der Waals surface area (Å²) >= 11 is 0. The van der Waals surface area contributed by atoms with E-state index in [1.807, 2.05) is 6.92 Å². The minimum atomic E-state index is -3.33. The Morgan fingerprint density at radius 1 is 1.40 bits per heavy atom. The van der Waals surface area contributed by atoms with Crippen molar-refractivity contribution in [1.29, 1.82) is 0 Å². The number of carbonyl (C=O) groups excluding carboxylic acids is 1. The molecule has 0 aliphatic carbocycles. The third kappa shape index (κ3) is 5.87. The third-order valence-corrected chi connectivity index (χ3v) is 3.15. The maximum absolute atomic E-state index is 11.5. The van der Waals surface area contributed by atoms with Gasteiger partial charge in [-0.15, -0.1) is 0 Å². The van der Waals surface area contributed by atoms with Crippen molar-refractivity contribution in [2.45, 2.75) is 13.3 Å². The van der Waals surface area contributed by atoms with Crippen LogP contribution in [0.25, 0.3) is 0 Å². The molecule has 108 valence electrons. The number of anilines is 1. The van der Waals surface area contributed by atoms with Crippen molar-refractivity contribution < 1.29 is 18.3 Å². The fourth-order valence-electron chi connectivity index (χ4n) is 1.53. The summed E-state index contributed by atoms with van der Waals surface area (Å²) in [4.78, 5) is 11.5. The second-order valence-corrected chi connectivity index (χ2v) is 6.56. The zero-order chi connectivity index (χ0) is 15.2. The molecule has 0 saturated carbocycles. The van der Waals surface area contributed by atoms with Crippen LogP contribution in [0, 0.1) is 18.8 Å². The maximum atomic E-state index is 11.5. The van der Waals surface area contributed by atoms with Gasteiger partial charge >= 0.3 is 0 Å². The Kier molecular flexibility index (Phi) is 5.74. The van der Waals surface area contributed by atoms with Crippen LogP contribution in [0.3, 0.4) is 0 Å². The lowest BCUT2D eigenvalue weighted by atomic mass is 10.1. The van der Waals surface area contributed by atoms with Gasteiger partial charge < -0.3 is 10.4 Å². The quantitative estimate of drug-likeness (QED) is 0.801. The SMILES string of the molecule is Cc1cc(NC(=O)CS(C)(=O)=O)ccc1C#CCCO. The first-order valence-electron chi connectivity index (χ1n) is 6.00. The molecule has 0 heterocycles. The Balaban J connectivity index is 2.78.